The summed E-state index contributed by atoms with van der Waals surface area (Å²) < 4.78 is 10.8. The van der Waals surface area contributed by atoms with Crippen LogP contribution in [0.4, 0.5) is 0 Å². The Balaban J connectivity index is 2.22. The van der Waals surface area contributed by atoms with Gasteiger partial charge in [-0.2, -0.15) is 0 Å². The molecular weight excluding hydrogens is 164 g/mol. The molecule has 70 valence electrons. The Morgan fingerprint density at radius 2 is 2.31 bits per heavy atom. The van der Waals surface area contributed by atoms with Gasteiger partial charge in [0.1, 0.15) is 11.4 Å². The smallest absolute Gasteiger partial charge is 0.119 e. The minimum Gasteiger partial charge on any atom is -0.494 e. The molecule has 2 nitrogen and oxygen atoms in total. The second-order valence-electron chi connectivity index (χ2n) is 3.48. The number of rotatable bonds is 3. The standard InChI is InChI=1S/C11H14O2/c1-3-12-10-6-4-5-9(7-10)11(2)8-13-11/h4-7H,3,8H2,1-2H3. The Morgan fingerprint density at radius 1 is 1.54 bits per heavy atom. The van der Waals surface area contributed by atoms with Crippen molar-refractivity contribution in [3.8, 4) is 5.75 Å². The van der Waals surface area contributed by atoms with Crippen LogP contribution in [0.1, 0.15) is 19.4 Å². The van der Waals surface area contributed by atoms with E-state index in [0.717, 1.165) is 12.4 Å². The van der Waals surface area contributed by atoms with Gasteiger partial charge in [-0.1, -0.05) is 12.1 Å². The van der Waals surface area contributed by atoms with Crippen molar-refractivity contribution in [2.45, 2.75) is 19.4 Å². The van der Waals surface area contributed by atoms with Gasteiger partial charge in [0.25, 0.3) is 0 Å². The van der Waals surface area contributed by atoms with Crippen molar-refractivity contribution in [3.63, 3.8) is 0 Å². The van der Waals surface area contributed by atoms with Crippen molar-refractivity contribution < 1.29 is 9.47 Å². The summed E-state index contributed by atoms with van der Waals surface area (Å²) in [5, 5.41) is 0. The molecule has 0 aromatic heterocycles. The minimum atomic E-state index is -0.0485. The molecule has 1 unspecified atom stereocenters. The number of ether oxygens (including phenoxy) is 2. The van der Waals surface area contributed by atoms with Gasteiger partial charge >= 0.3 is 0 Å². The molecule has 0 N–H and O–H groups in total. The summed E-state index contributed by atoms with van der Waals surface area (Å²) in [5.41, 5.74) is 1.16. The molecule has 0 bridgehead atoms. The largest absolute Gasteiger partial charge is 0.494 e. The van der Waals surface area contributed by atoms with Crippen LogP contribution in [0.25, 0.3) is 0 Å². The number of hydrogen-bond donors (Lipinski definition) is 0. The van der Waals surface area contributed by atoms with E-state index < -0.39 is 0 Å². The lowest BCUT2D eigenvalue weighted by Gasteiger charge is -2.08. The Morgan fingerprint density at radius 3 is 2.92 bits per heavy atom. The fourth-order valence-electron chi connectivity index (χ4n) is 1.36. The fourth-order valence-corrected chi connectivity index (χ4v) is 1.36. The average Bonchev–Trinajstić information content (AvgIpc) is 2.86. The molecule has 1 aromatic rings. The molecule has 0 saturated carbocycles. The molecule has 1 fully saturated rings. The molecule has 1 heterocycles. The van der Waals surface area contributed by atoms with E-state index in [4.69, 9.17) is 9.47 Å². The van der Waals surface area contributed by atoms with Gasteiger partial charge in [-0.25, -0.2) is 0 Å². The van der Waals surface area contributed by atoms with Gasteiger partial charge in [0.2, 0.25) is 0 Å². The number of hydrogen-bond acceptors (Lipinski definition) is 2. The van der Waals surface area contributed by atoms with Crippen LogP contribution in [0, 0.1) is 0 Å². The predicted molar refractivity (Wildman–Crippen MR) is 50.9 cm³/mol. The Hall–Kier alpha value is -1.02. The lowest BCUT2D eigenvalue weighted by atomic mass is 10.0. The maximum Gasteiger partial charge on any atom is 0.119 e. The van der Waals surface area contributed by atoms with E-state index in [0.29, 0.717) is 6.61 Å². The summed E-state index contributed by atoms with van der Waals surface area (Å²) in [4.78, 5) is 0. The molecule has 13 heavy (non-hydrogen) atoms. The molecule has 0 spiro atoms. The van der Waals surface area contributed by atoms with Crippen molar-refractivity contribution in [3.05, 3.63) is 29.8 Å². The highest BCUT2D eigenvalue weighted by Gasteiger charge is 2.41. The van der Waals surface area contributed by atoms with Crippen molar-refractivity contribution >= 4 is 0 Å². The van der Waals surface area contributed by atoms with Gasteiger partial charge in [-0.3, -0.25) is 0 Å². The molecule has 2 rings (SSSR count). The first-order chi connectivity index (χ1) is 6.24. The maximum atomic E-state index is 5.41. The topological polar surface area (TPSA) is 21.8 Å². The molecule has 0 amide bonds. The first kappa shape index (κ1) is 8.57. The second kappa shape index (κ2) is 3.04. The first-order valence-electron chi connectivity index (χ1n) is 4.62. The maximum absolute atomic E-state index is 5.41. The van der Waals surface area contributed by atoms with E-state index >= 15 is 0 Å². The van der Waals surface area contributed by atoms with Crippen LogP contribution in [0.2, 0.25) is 0 Å². The van der Waals surface area contributed by atoms with Crippen molar-refractivity contribution in [1.29, 1.82) is 0 Å². The molecular formula is C11H14O2. The van der Waals surface area contributed by atoms with E-state index in [9.17, 15) is 0 Å². The molecule has 1 aromatic carbocycles. The lowest BCUT2D eigenvalue weighted by Crippen LogP contribution is -2.02. The summed E-state index contributed by atoms with van der Waals surface area (Å²) >= 11 is 0. The summed E-state index contributed by atoms with van der Waals surface area (Å²) in [6.45, 7) is 5.61. The van der Waals surface area contributed by atoms with Crippen LogP contribution in [0.3, 0.4) is 0 Å². The Kier molecular flexibility index (Phi) is 2.00. The highest BCUT2D eigenvalue weighted by Crippen LogP contribution is 2.38. The van der Waals surface area contributed by atoms with Gasteiger partial charge in [0.05, 0.1) is 13.2 Å². The fraction of sp³-hybridized carbons (Fsp3) is 0.455. The number of benzene rings is 1. The quantitative estimate of drug-likeness (QED) is 0.662. The van der Waals surface area contributed by atoms with Crippen molar-refractivity contribution in [2.75, 3.05) is 13.2 Å². The summed E-state index contributed by atoms with van der Waals surface area (Å²) in [5.74, 6) is 0.928. The third kappa shape index (κ3) is 1.68. The summed E-state index contributed by atoms with van der Waals surface area (Å²) in [6, 6.07) is 8.11. The van der Waals surface area contributed by atoms with E-state index in [1.807, 2.05) is 19.1 Å². The number of epoxide rings is 1. The van der Waals surface area contributed by atoms with Crippen LogP contribution >= 0.6 is 0 Å². The normalized spacial score (nSPS) is 25.7. The zero-order valence-corrected chi connectivity index (χ0v) is 8.04. The molecule has 1 aliphatic rings. The Bertz CT molecular complexity index is 303. The lowest BCUT2D eigenvalue weighted by molar-refractivity contribution is 0.322. The third-order valence-electron chi connectivity index (χ3n) is 2.33. The van der Waals surface area contributed by atoms with Gasteiger partial charge in [0, 0.05) is 0 Å². The van der Waals surface area contributed by atoms with E-state index in [2.05, 4.69) is 19.1 Å². The van der Waals surface area contributed by atoms with Crippen LogP contribution in [0.5, 0.6) is 5.75 Å². The first-order valence-corrected chi connectivity index (χ1v) is 4.62. The zero-order chi connectivity index (χ0) is 9.31. The zero-order valence-electron chi connectivity index (χ0n) is 8.04. The highest BCUT2D eigenvalue weighted by atomic mass is 16.6. The van der Waals surface area contributed by atoms with Gasteiger partial charge in [-0.15, -0.1) is 0 Å². The molecule has 2 heteroatoms. The second-order valence-corrected chi connectivity index (χ2v) is 3.48. The monoisotopic (exact) mass is 178 g/mol. The van der Waals surface area contributed by atoms with E-state index in [-0.39, 0.29) is 5.60 Å². The third-order valence-corrected chi connectivity index (χ3v) is 2.33. The van der Waals surface area contributed by atoms with Crippen LogP contribution in [-0.4, -0.2) is 13.2 Å². The molecule has 0 radical (unpaired) electrons. The van der Waals surface area contributed by atoms with Gasteiger partial charge in [-0.05, 0) is 31.5 Å². The molecule has 1 aliphatic heterocycles. The molecule has 0 aliphatic carbocycles. The summed E-state index contributed by atoms with van der Waals surface area (Å²) in [7, 11) is 0. The predicted octanol–water partition coefficient (Wildman–Crippen LogP) is 2.33. The van der Waals surface area contributed by atoms with Gasteiger partial charge in [0.15, 0.2) is 0 Å². The Labute approximate surface area is 78.5 Å². The van der Waals surface area contributed by atoms with Crippen LogP contribution in [-0.2, 0) is 10.3 Å². The summed E-state index contributed by atoms with van der Waals surface area (Å²) in [6.07, 6.45) is 0. The van der Waals surface area contributed by atoms with Gasteiger partial charge < -0.3 is 9.47 Å². The van der Waals surface area contributed by atoms with Crippen LogP contribution in [0.15, 0.2) is 24.3 Å². The molecule has 1 saturated heterocycles. The SMILES string of the molecule is CCOc1cccc(C2(C)CO2)c1. The van der Waals surface area contributed by atoms with E-state index in [1.165, 1.54) is 5.56 Å². The minimum absolute atomic E-state index is 0.0485. The van der Waals surface area contributed by atoms with Crippen molar-refractivity contribution in [2.24, 2.45) is 0 Å². The highest BCUT2D eigenvalue weighted by molar-refractivity contribution is 5.34. The van der Waals surface area contributed by atoms with Crippen LogP contribution < -0.4 is 4.74 Å². The van der Waals surface area contributed by atoms with Crippen molar-refractivity contribution in [1.82, 2.24) is 0 Å². The average molecular weight is 178 g/mol. The van der Waals surface area contributed by atoms with E-state index in [1.54, 1.807) is 0 Å². The molecule has 1 atom stereocenters.